The third-order valence-electron chi connectivity index (χ3n) is 4.81. The molecular weight excluding hydrogens is 320 g/mol. The number of carbonyl (C=O) groups excluding carboxylic acids is 1. The van der Waals surface area contributed by atoms with Gasteiger partial charge in [0.15, 0.2) is 0 Å². The topological polar surface area (TPSA) is 42.4 Å². The summed E-state index contributed by atoms with van der Waals surface area (Å²) in [6, 6.07) is 8.45. The van der Waals surface area contributed by atoms with Crippen molar-refractivity contribution in [1.29, 1.82) is 0 Å². The van der Waals surface area contributed by atoms with Crippen molar-refractivity contribution in [3.05, 3.63) is 53.0 Å². The Hall–Kier alpha value is -2.14. The van der Waals surface area contributed by atoms with Gasteiger partial charge in [-0.2, -0.15) is 0 Å². The highest BCUT2D eigenvalue weighted by Crippen LogP contribution is 2.37. The van der Waals surface area contributed by atoms with Gasteiger partial charge >= 0.3 is 0 Å². The van der Waals surface area contributed by atoms with E-state index >= 15 is 0 Å². The first-order chi connectivity index (χ1) is 11.8. The van der Waals surface area contributed by atoms with Crippen LogP contribution in [-0.4, -0.2) is 34.0 Å². The normalized spacial score (nSPS) is 26.0. The zero-order chi connectivity index (χ0) is 16.4. The van der Waals surface area contributed by atoms with E-state index in [2.05, 4.69) is 9.88 Å². The van der Waals surface area contributed by atoms with E-state index in [0.717, 1.165) is 36.3 Å². The molecule has 2 unspecified atom stereocenters. The summed E-state index contributed by atoms with van der Waals surface area (Å²) in [5.74, 6) is 0.954. The Kier molecular flexibility index (Phi) is 4.34. The Balaban J connectivity index is 1.40. The van der Waals surface area contributed by atoms with E-state index < -0.39 is 0 Å². The average Bonchev–Trinajstić information content (AvgIpc) is 3.20. The first-order valence-corrected chi connectivity index (χ1v) is 9.28. The highest BCUT2D eigenvalue weighted by Gasteiger charge is 2.43. The van der Waals surface area contributed by atoms with Gasteiger partial charge in [0.25, 0.3) is 0 Å². The quantitative estimate of drug-likeness (QED) is 0.796. The maximum absolute atomic E-state index is 12.6. The second-order valence-corrected chi connectivity index (χ2v) is 7.36. The first kappa shape index (κ1) is 15.4. The van der Waals surface area contributed by atoms with E-state index in [1.165, 1.54) is 0 Å². The molecule has 2 aromatic rings. The molecule has 1 amide bonds. The zero-order valence-corrected chi connectivity index (χ0v) is 14.2. The molecule has 2 bridgehead atoms. The van der Waals surface area contributed by atoms with E-state index in [1.54, 1.807) is 29.8 Å². The number of ether oxygens (including phenoxy) is 1. The SMILES string of the molecule is O=C(C=Cc1cccs1)N1C2CCC1CC(Oc1cccnc1)C2. The first-order valence-electron chi connectivity index (χ1n) is 8.40. The lowest BCUT2D eigenvalue weighted by molar-refractivity contribution is -0.131. The molecule has 0 aliphatic carbocycles. The summed E-state index contributed by atoms with van der Waals surface area (Å²) in [5, 5.41) is 2.02. The van der Waals surface area contributed by atoms with Gasteiger partial charge in [0, 0.05) is 42.1 Å². The molecule has 124 valence electrons. The third kappa shape index (κ3) is 3.22. The van der Waals surface area contributed by atoms with Crippen molar-refractivity contribution in [3.8, 4) is 5.75 Å². The minimum Gasteiger partial charge on any atom is -0.489 e. The minimum atomic E-state index is 0.135. The molecule has 24 heavy (non-hydrogen) atoms. The van der Waals surface area contributed by atoms with E-state index in [1.807, 2.05) is 35.7 Å². The molecule has 2 atom stereocenters. The number of fused-ring (bicyclic) bond motifs is 2. The fourth-order valence-electron chi connectivity index (χ4n) is 3.82. The van der Waals surface area contributed by atoms with Crippen LogP contribution in [0.25, 0.3) is 6.08 Å². The maximum atomic E-state index is 12.6. The molecule has 2 fully saturated rings. The summed E-state index contributed by atoms with van der Waals surface area (Å²) in [5.41, 5.74) is 0. The Labute approximate surface area is 145 Å². The van der Waals surface area contributed by atoms with Crippen LogP contribution in [0.5, 0.6) is 5.75 Å². The number of rotatable bonds is 4. The molecule has 0 saturated carbocycles. The number of thiophene rings is 1. The second kappa shape index (κ2) is 6.77. The van der Waals surface area contributed by atoms with Gasteiger partial charge in [-0.3, -0.25) is 9.78 Å². The minimum absolute atomic E-state index is 0.135. The molecule has 4 nitrogen and oxygen atoms in total. The average molecular weight is 340 g/mol. The molecule has 0 aromatic carbocycles. The number of piperidine rings is 1. The molecule has 2 aliphatic rings. The van der Waals surface area contributed by atoms with Crippen molar-refractivity contribution >= 4 is 23.3 Å². The lowest BCUT2D eigenvalue weighted by atomic mass is 9.99. The molecule has 5 heteroatoms. The van der Waals surface area contributed by atoms with Crippen LogP contribution in [0.15, 0.2) is 48.1 Å². The highest BCUT2D eigenvalue weighted by molar-refractivity contribution is 7.10. The summed E-state index contributed by atoms with van der Waals surface area (Å²) in [6.45, 7) is 0. The zero-order valence-electron chi connectivity index (χ0n) is 13.4. The summed E-state index contributed by atoms with van der Waals surface area (Å²) in [4.78, 5) is 19.9. The Morgan fingerprint density at radius 2 is 2.08 bits per heavy atom. The molecule has 4 rings (SSSR count). The fraction of sp³-hybridized carbons (Fsp3) is 0.368. The largest absolute Gasteiger partial charge is 0.489 e. The summed E-state index contributed by atoms with van der Waals surface area (Å²) in [6.07, 6.45) is 11.3. The number of amides is 1. The molecular formula is C19H20N2O2S. The van der Waals surface area contributed by atoms with Crippen molar-refractivity contribution in [2.75, 3.05) is 0 Å². The third-order valence-corrected chi connectivity index (χ3v) is 5.65. The predicted octanol–water partition coefficient (Wildman–Crippen LogP) is 3.76. The van der Waals surface area contributed by atoms with Crippen molar-refractivity contribution in [2.24, 2.45) is 0 Å². The number of hydrogen-bond donors (Lipinski definition) is 0. The highest BCUT2D eigenvalue weighted by atomic mass is 32.1. The van der Waals surface area contributed by atoms with Crippen LogP contribution in [0.4, 0.5) is 0 Å². The van der Waals surface area contributed by atoms with Crippen LogP contribution < -0.4 is 4.74 Å². The van der Waals surface area contributed by atoms with Gasteiger partial charge in [0.2, 0.25) is 5.91 Å². The van der Waals surface area contributed by atoms with Crippen LogP contribution in [0.3, 0.4) is 0 Å². The predicted molar refractivity (Wildman–Crippen MR) is 94.9 cm³/mol. The molecule has 4 heterocycles. The number of hydrogen-bond acceptors (Lipinski definition) is 4. The van der Waals surface area contributed by atoms with Crippen LogP contribution in [0, 0.1) is 0 Å². The summed E-state index contributed by atoms with van der Waals surface area (Å²) < 4.78 is 6.07. The molecule has 0 N–H and O–H groups in total. The Bertz CT molecular complexity index is 700. The number of nitrogens with zero attached hydrogens (tertiary/aromatic N) is 2. The van der Waals surface area contributed by atoms with Gasteiger partial charge in [-0.1, -0.05) is 6.07 Å². The lowest BCUT2D eigenvalue weighted by Gasteiger charge is -2.38. The monoisotopic (exact) mass is 340 g/mol. The van der Waals surface area contributed by atoms with Gasteiger partial charge in [0.1, 0.15) is 11.9 Å². The van der Waals surface area contributed by atoms with Gasteiger partial charge < -0.3 is 9.64 Å². The van der Waals surface area contributed by atoms with Gasteiger partial charge in [-0.15, -0.1) is 11.3 Å². The van der Waals surface area contributed by atoms with Crippen molar-refractivity contribution in [2.45, 2.75) is 43.9 Å². The summed E-state index contributed by atoms with van der Waals surface area (Å²) >= 11 is 1.65. The Morgan fingerprint density at radius 1 is 1.25 bits per heavy atom. The second-order valence-electron chi connectivity index (χ2n) is 6.38. The van der Waals surface area contributed by atoms with E-state index in [4.69, 9.17) is 4.74 Å². The fourth-order valence-corrected chi connectivity index (χ4v) is 4.44. The van der Waals surface area contributed by atoms with Crippen molar-refractivity contribution in [3.63, 3.8) is 0 Å². The van der Waals surface area contributed by atoms with Gasteiger partial charge in [-0.05, 0) is 42.5 Å². The van der Waals surface area contributed by atoms with Gasteiger partial charge in [0.05, 0.1) is 6.20 Å². The van der Waals surface area contributed by atoms with E-state index in [9.17, 15) is 4.79 Å². The number of carbonyl (C=O) groups is 1. The molecule has 2 aromatic heterocycles. The van der Waals surface area contributed by atoms with E-state index in [-0.39, 0.29) is 12.0 Å². The van der Waals surface area contributed by atoms with E-state index in [0.29, 0.717) is 12.1 Å². The Morgan fingerprint density at radius 3 is 2.75 bits per heavy atom. The molecule has 2 saturated heterocycles. The lowest BCUT2D eigenvalue weighted by Crippen LogP contribution is -2.48. The molecule has 0 radical (unpaired) electrons. The summed E-state index contributed by atoms with van der Waals surface area (Å²) in [7, 11) is 0. The number of aromatic nitrogens is 1. The standard InChI is InChI=1S/C19H20N2O2S/c22-19(8-7-18-4-2-10-24-18)21-14-5-6-15(21)12-17(11-14)23-16-3-1-9-20-13-16/h1-4,7-10,13-15,17H,5-6,11-12H2. The smallest absolute Gasteiger partial charge is 0.247 e. The molecule has 0 spiro atoms. The van der Waals surface area contributed by atoms with Crippen LogP contribution in [-0.2, 0) is 4.79 Å². The van der Waals surface area contributed by atoms with Crippen LogP contribution in [0.2, 0.25) is 0 Å². The van der Waals surface area contributed by atoms with Crippen molar-refractivity contribution < 1.29 is 9.53 Å². The van der Waals surface area contributed by atoms with Crippen molar-refractivity contribution in [1.82, 2.24) is 9.88 Å². The molecule has 2 aliphatic heterocycles. The van der Waals surface area contributed by atoms with Crippen LogP contribution in [0.1, 0.15) is 30.6 Å². The number of pyridine rings is 1. The van der Waals surface area contributed by atoms with Crippen LogP contribution >= 0.6 is 11.3 Å². The van der Waals surface area contributed by atoms with Gasteiger partial charge in [-0.25, -0.2) is 0 Å². The maximum Gasteiger partial charge on any atom is 0.247 e.